The Hall–Kier alpha value is -1.19. The molecule has 0 unspecified atom stereocenters. The van der Waals surface area contributed by atoms with Gasteiger partial charge in [-0.3, -0.25) is 4.79 Å². The lowest BCUT2D eigenvalue weighted by atomic mass is 10.2. The molecule has 4 heteroatoms. The quantitative estimate of drug-likeness (QED) is 0.522. The molecule has 1 aliphatic rings. The van der Waals surface area contributed by atoms with Crippen molar-refractivity contribution in [3.63, 3.8) is 0 Å². The van der Waals surface area contributed by atoms with E-state index in [9.17, 15) is 4.79 Å². The van der Waals surface area contributed by atoms with Gasteiger partial charge in [-0.05, 0) is 0 Å². The first-order valence-corrected chi connectivity index (χ1v) is 2.60. The Kier molecular flexibility index (Phi) is 1.30. The molecule has 0 bridgehead atoms. The number of carbonyl (C=O) groups is 1. The summed E-state index contributed by atoms with van der Waals surface area (Å²) in [6.45, 7) is 1.45. The van der Waals surface area contributed by atoms with Crippen molar-refractivity contribution in [1.29, 1.82) is 0 Å². The smallest absolute Gasteiger partial charge is 0.176 e. The zero-order valence-electron chi connectivity index (χ0n) is 5.09. The molecule has 0 saturated heterocycles. The van der Waals surface area contributed by atoms with Crippen LogP contribution < -0.4 is 5.73 Å². The highest BCUT2D eigenvalue weighted by atomic mass is 16.1. The van der Waals surface area contributed by atoms with Crippen LogP contribution in [-0.4, -0.2) is 17.3 Å². The van der Waals surface area contributed by atoms with Gasteiger partial charge in [-0.1, -0.05) is 0 Å². The molecule has 0 fully saturated rings. The zero-order valence-corrected chi connectivity index (χ0v) is 5.09. The Bertz CT molecular complexity index is 204. The fraction of sp³-hybridized carbons (Fsp3) is 0.400. The summed E-state index contributed by atoms with van der Waals surface area (Å²) < 4.78 is 0. The first kappa shape index (κ1) is 5.94. The SMILES string of the molecule is CC(=O)C1=NN=C(N)C1. The number of Topliss-reactive ketones (excluding diaryl/α,β-unsaturated/α-hetero) is 1. The topological polar surface area (TPSA) is 67.8 Å². The number of carbonyl (C=O) groups excluding carboxylic acids is 1. The van der Waals surface area contributed by atoms with Gasteiger partial charge in [0.25, 0.3) is 0 Å². The second-order valence-electron chi connectivity index (χ2n) is 1.87. The maximum atomic E-state index is 10.5. The van der Waals surface area contributed by atoms with Crippen molar-refractivity contribution in [2.75, 3.05) is 0 Å². The van der Waals surface area contributed by atoms with Gasteiger partial charge in [0.05, 0.1) is 6.42 Å². The van der Waals surface area contributed by atoms with Crippen LogP contribution in [0, 0.1) is 0 Å². The van der Waals surface area contributed by atoms with E-state index in [4.69, 9.17) is 5.73 Å². The zero-order chi connectivity index (χ0) is 6.85. The Labute approximate surface area is 52.5 Å². The molecule has 1 aliphatic heterocycles. The first-order valence-electron chi connectivity index (χ1n) is 2.60. The van der Waals surface area contributed by atoms with Crippen LogP contribution in [0.25, 0.3) is 0 Å². The van der Waals surface area contributed by atoms with Crippen LogP contribution in [0.4, 0.5) is 0 Å². The van der Waals surface area contributed by atoms with E-state index in [0.29, 0.717) is 18.0 Å². The highest BCUT2D eigenvalue weighted by Gasteiger charge is 2.12. The molecular weight excluding hydrogens is 118 g/mol. The van der Waals surface area contributed by atoms with E-state index in [2.05, 4.69) is 10.2 Å². The standard InChI is InChI=1S/C5H7N3O/c1-3(9)4-2-5(6)8-7-4/h2H2,1H3,(H2,6,8). The van der Waals surface area contributed by atoms with Crippen molar-refractivity contribution >= 4 is 17.3 Å². The highest BCUT2D eigenvalue weighted by Crippen LogP contribution is 1.98. The minimum absolute atomic E-state index is 0.0563. The maximum absolute atomic E-state index is 10.5. The molecular formula is C5H7N3O. The molecule has 0 spiro atoms. The Morgan fingerprint density at radius 2 is 2.33 bits per heavy atom. The third-order valence-electron chi connectivity index (χ3n) is 1.05. The van der Waals surface area contributed by atoms with Gasteiger partial charge in [-0.25, -0.2) is 0 Å². The van der Waals surface area contributed by atoms with Crippen LogP contribution in [0.1, 0.15) is 13.3 Å². The van der Waals surface area contributed by atoms with Crippen LogP contribution in [0.2, 0.25) is 0 Å². The third kappa shape index (κ3) is 1.13. The molecule has 0 radical (unpaired) electrons. The predicted molar refractivity (Wildman–Crippen MR) is 34.4 cm³/mol. The number of hydrogen-bond donors (Lipinski definition) is 1. The van der Waals surface area contributed by atoms with Crippen LogP contribution in [-0.2, 0) is 4.79 Å². The molecule has 2 N–H and O–H groups in total. The van der Waals surface area contributed by atoms with Crippen molar-refractivity contribution in [2.24, 2.45) is 15.9 Å². The van der Waals surface area contributed by atoms with Gasteiger partial charge < -0.3 is 5.73 Å². The first-order chi connectivity index (χ1) is 4.20. The largest absolute Gasteiger partial charge is 0.385 e. The fourth-order valence-electron chi connectivity index (χ4n) is 0.562. The van der Waals surface area contributed by atoms with E-state index in [-0.39, 0.29) is 5.78 Å². The van der Waals surface area contributed by atoms with E-state index in [1.54, 1.807) is 0 Å². The molecule has 4 nitrogen and oxygen atoms in total. The molecule has 48 valence electrons. The highest BCUT2D eigenvalue weighted by molar-refractivity contribution is 6.43. The molecule has 1 heterocycles. The summed E-state index contributed by atoms with van der Waals surface area (Å²) in [5, 5.41) is 7.05. The molecule has 0 atom stereocenters. The number of rotatable bonds is 1. The van der Waals surface area contributed by atoms with Crippen molar-refractivity contribution in [3.05, 3.63) is 0 Å². The molecule has 9 heavy (non-hydrogen) atoms. The summed E-state index contributed by atoms with van der Waals surface area (Å²) in [5.74, 6) is 0.361. The minimum Gasteiger partial charge on any atom is -0.385 e. The van der Waals surface area contributed by atoms with E-state index in [1.807, 2.05) is 0 Å². The second-order valence-corrected chi connectivity index (χ2v) is 1.87. The monoisotopic (exact) mass is 125 g/mol. The van der Waals surface area contributed by atoms with Gasteiger partial charge >= 0.3 is 0 Å². The van der Waals surface area contributed by atoms with E-state index < -0.39 is 0 Å². The van der Waals surface area contributed by atoms with Crippen LogP contribution in [0.5, 0.6) is 0 Å². The van der Waals surface area contributed by atoms with Gasteiger partial charge in [-0.2, -0.15) is 0 Å². The lowest BCUT2D eigenvalue weighted by Gasteiger charge is -1.87. The molecule has 0 aliphatic carbocycles. The molecule has 0 aromatic carbocycles. The van der Waals surface area contributed by atoms with E-state index >= 15 is 0 Å². The van der Waals surface area contributed by atoms with Crippen LogP contribution in [0.15, 0.2) is 10.2 Å². The van der Waals surface area contributed by atoms with Crippen molar-refractivity contribution in [2.45, 2.75) is 13.3 Å². The summed E-state index contributed by atoms with van der Waals surface area (Å²) in [5.41, 5.74) is 5.70. The van der Waals surface area contributed by atoms with Crippen molar-refractivity contribution in [1.82, 2.24) is 0 Å². The van der Waals surface area contributed by atoms with Gasteiger partial charge in [0, 0.05) is 6.92 Å². The summed E-state index contributed by atoms with van der Waals surface area (Å²) in [6.07, 6.45) is 0.412. The molecule has 0 aromatic heterocycles. The Morgan fingerprint density at radius 3 is 2.56 bits per heavy atom. The second kappa shape index (κ2) is 1.97. The average Bonchev–Trinajstić information content (AvgIpc) is 2.14. The number of nitrogens with two attached hydrogens (primary N) is 1. The van der Waals surface area contributed by atoms with Crippen molar-refractivity contribution < 1.29 is 4.79 Å². The summed E-state index contributed by atoms with van der Waals surface area (Å²) >= 11 is 0. The summed E-state index contributed by atoms with van der Waals surface area (Å²) in [4.78, 5) is 10.5. The number of ketones is 1. The number of hydrogen-bond acceptors (Lipinski definition) is 4. The normalized spacial score (nSPS) is 17.0. The molecule has 1 rings (SSSR count). The maximum Gasteiger partial charge on any atom is 0.176 e. The minimum atomic E-state index is -0.0563. The van der Waals surface area contributed by atoms with Gasteiger partial charge in [0.1, 0.15) is 11.5 Å². The van der Waals surface area contributed by atoms with Gasteiger partial charge in [-0.15, -0.1) is 10.2 Å². The van der Waals surface area contributed by atoms with Crippen LogP contribution >= 0.6 is 0 Å². The number of amidine groups is 1. The van der Waals surface area contributed by atoms with Crippen LogP contribution in [0.3, 0.4) is 0 Å². The molecule has 0 amide bonds. The Balaban J connectivity index is 2.64. The number of nitrogens with zero attached hydrogens (tertiary/aromatic N) is 2. The van der Waals surface area contributed by atoms with Gasteiger partial charge in [0.2, 0.25) is 0 Å². The molecule has 0 saturated carbocycles. The van der Waals surface area contributed by atoms with Crippen molar-refractivity contribution in [3.8, 4) is 0 Å². The van der Waals surface area contributed by atoms with Gasteiger partial charge in [0.15, 0.2) is 5.78 Å². The summed E-state index contributed by atoms with van der Waals surface area (Å²) in [7, 11) is 0. The fourth-order valence-corrected chi connectivity index (χ4v) is 0.562. The lowest BCUT2D eigenvalue weighted by Crippen LogP contribution is -2.16. The van der Waals surface area contributed by atoms with E-state index in [0.717, 1.165) is 0 Å². The van der Waals surface area contributed by atoms with E-state index in [1.165, 1.54) is 6.92 Å². The average molecular weight is 125 g/mol. The summed E-state index contributed by atoms with van der Waals surface area (Å²) in [6, 6.07) is 0. The lowest BCUT2D eigenvalue weighted by molar-refractivity contribution is -0.111. The molecule has 0 aromatic rings. The predicted octanol–water partition coefficient (Wildman–Crippen LogP) is -0.308. The Morgan fingerprint density at radius 1 is 1.67 bits per heavy atom. The third-order valence-corrected chi connectivity index (χ3v) is 1.05.